The highest BCUT2D eigenvalue weighted by atomic mass is 16.6. The van der Waals surface area contributed by atoms with E-state index in [-0.39, 0.29) is 29.4 Å². The molecule has 1 aliphatic carbocycles. The summed E-state index contributed by atoms with van der Waals surface area (Å²) in [6.07, 6.45) is 0.0876. The lowest BCUT2D eigenvalue weighted by Crippen LogP contribution is -2.02. The molecule has 1 aliphatic rings. The van der Waals surface area contributed by atoms with E-state index in [0.717, 1.165) is 0 Å². The molecule has 0 atom stereocenters. The highest BCUT2D eigenvalue weighted by Gasteiger charge is 2.38. The third kappa shape index (κ3) is 1.93. The summed E-state index contributed by atoms with van der Waals surface area (Å²) < 4.78 is 0. The summed E-state index contributed by atoms with van der Waals surface area (Å²) in [6.45, 7) is 0. The standard InChI is InChI=1S/C12H6N4O8/c17-13(18)7-3-9(15(21)22)12-10(16(23)24)4-8(14(19)20)6-2-1-5(7)11(6)12/h3-4H,1-2H2. The number of nitro groups is 4. The summed E-state index contributed by atoms with van der Waals surface area (Å²) in [4.78, 5) is 41.3. The highest BCUT2D eigenvalue weighted by molar-refractivity contribution is 6.07. The fourth-order valence-corrected chi connectivity index (χ4v) is 3.07. The number of nitro benzene ring substituents is 4. The molecule has 0 bridgehead atoms. The molecule has 3 rings (SSSR count). The number of hydrogen-bond donors (Lipinski definition) is 0. The molecule has 0 radical (unpaired) electrons. The number of hydrogen-bond acceptors (Lipinski definition) is 8. The Balaban J connectivity index is 2.64. The molecule has 0 aromatic heterocycles. The van der Waals surface area contributed by atoms with Crippen LogP contribution in [-0.2, 0) is 12.8 Å². The van der Waals surface area contributed by atoms with Gasteiger partial charge in [0.15, 0.2) is 0 Å². The van der Waals surface area contributed by atoms with E-state index in [1.807, 2.05) is 0 Å². The topological polar surface area (TPSA) is 173 Å². The molecule has 0 amide bonds. The predicted molar refractivity (Wildman–Crippen MR) is 78.0 cm³/mol. The summed E-state index contributed by atoms with van der Waals surface area (Å²) in [7, 11) is 0. The summed E-state index contributed by atoms with van der Waals surface area (Å²) >= 11 is 0. The third-order valence-electron chi connectivity index (χ3n) is 3.94. The lowest BCUT2D eigenvalue weighted by atomic mass is 9.99. The fourth-order valence-electron chi connectivity index (χ4n) is 3.07. The van der Waals surface area contributed by atoms with Crippen molar-refractivity contribution < 1.29 is 19.7 Å². The van der Waals surface area contributed by atoms with E-state index in [4.69, 9.17) is 0 Å². The maximum atomic E-state index is 11.3. The van der Waals surface area contributed by atoms with Crippen LogP contribution in [0.15, 0.2) is 12.1 Å². The van der Waals surface area contributed by atoms with Crippen molar-refractivity contribution >= 4 is 33.5 Å². The number of nitrogens with zero attached hydrogens (tertiary/aromatic N) is 4. The largest absolute Gasteiger partial charge is 0.291 e. The molecule has 24 heavy (non-hydrogen) atoms. The molecule has 2 aromatic rings. The Labute approximate surface area is 130 Å². The van der Waals surface area contributed by atoms with Crippen molar-refractivity contribution in [3.63, 3.8) is 0 Å². The van der Waals surface area contributed by atoms with Gasteiger partial charge in [0, 0.05) is 16.5 Å². The molecule has 0 unspecified atom stereocenters. The predicted octanol–water partition coefficient (Wildman–Crippen LogP) is 2.57. The second kappa shape index (κ2) is 4.91. The SMILES string of the molecule is O=[N+]([O-])c1cc([N+](=O)[O-])c2c([N+](=O)[O-])cc([N+](=O)[O-])c3c2c1CC3. The first-order valence-corrected chi connectivity index (χ1v) is 6.47. The van der Waals surface area contributed by atoms with E-state index in [1.54, 1.807) is 0 Å². The smallest absolute Gasteiger partial charge is 0.258 e. The highest BCUT2D eigenvalue weighted by Crippen LogP contribution is 2.48. The summed E-state index contributed by atoms with van der Waals surface area (Å²) in [5.41, 5.74) is -2.68. The van der Waals surface area contributed by atoms with Gasteiger partial charge in [-0.2, -0.15) is 0 Å². The molecular weight excluding hydrogens is 328 g/mol. The number of non-ortho nitro benzene ring substituents is 2. The van der Waals surface area contributed by atoms with E-state index >= 15 is 0 Å². The number of aryl methyl sites for hydroxylation is 2. The Hall–Kier alpha value is -3.70. The minimum Gasteiger partial charge on any atom is -0.258 e. The van der Waals surface area contributed by atoms with Gasteiger partial charge in [0.05, 0.1) is 31.8 Å². The van der Waals surface area contributed by atoms with Crippen LogP contribution in [0.1, 0.15) is 11.1 Å². The van der Waals surface area contributed by atoms with Gasteiger partial charge in [-0.1, -0.05) is 0 Å². The first-order valence-electron chi connectivity index (χ1n) is 6.47. The molecule has 0 spiro atoms. The van der Waals surface area contributed by atoms with Crippen molar-refractivity contribution in [1.82, 2.24) is 0 Å². The van der Waals surface area contributed by atoms with Gasteiger partial charge in [0.25, 0.3) is 22.7 Å². The second-order valence-corrected chi connectivity index (χ2v) is 5.07. The van der Waals surface area contributed by atoms with Crippen LogP contribution in [0.2, 0.25) is 0 Å². The maximum absolute atomic E-state index is 11.3. The average molecular weight is 334 g/mol. The minimum atomic E-state index is -0.965. The molecule has 122 valence electrons. The molecule has 2 aromatic carbocycles. The van der Waals surface area contributed by atoms with Crippen molar-refractivity contribution in [1.29, 1.82) is 0 Å². The fraction of sp³-hybridized carbons (Fsp3) is 0.167. The van der Waals surface area contributed by atoms with Gasteiger partial charge in [-0.15, -0.1) is 0 Å². The molecular formula is C12H6N4O8. The lowest BCUT2D eigenvalue weighted by molar-refractivity contribution is -0.397. The molecule has 0 N–H and O–H groups in total. The summed E-state index contributed by atoms with van der Waals surface area (Å²) in [6, 6.07) is 1.34. The van der Waals surface area contributed by atoms with Gasteiger partial charge in [-0.25, -0.2) is 0 Å². The summed E-state index contributed by atoms with van der Waals surface area (Å²) in [5.74, 6) is 0. The zero-order chi connectivity index (χ0) is 17.8. The van der Waals surface area contributed by atoms with Crippen molar-refractivity contribution in [2.45, 2.75) is 12.8 Å². The zero-order valence-corrected chi connectivity index (χ0v) is 11.6. The van der Waals surface area contributed by atoms with Crippen LogP contribution in [0.25, 0.3) is 10.8 Å². The Kier molecular flexibility index (Phi) is 3.11. The average Bonchev–Trinajstić information content (AvgIpc) is 2.92. The van der Waals surface area contributed by atoms with Crippen molar-refractivity contribution in [2.24, 2.45) is 0 Å². The van der Waals surface area contributed by atoms with Gasteiger partial charge in [0.1, 0.15) is 5.39 Å². The Morgan fingerprint density at radius 3 is 1.21 bits per heavy atom. The van der Waals surface area contributed by atoms with Gasteiger partial charge in [-0.05, 0) is 12.8 Å². The van der Waals surface area contributed by atoms with Crippen LogP contribution in [0.4, 0.5) is 22.7 Å². The van der Waals surface area contributed by atoms with E-state index in [2.05, 4.69) is 0 Å². The van der Waals surface area contributed by atoms with Gasteiger partial charge in [0.2, 0.25) is 0 Å². The third-order valence-corrected chi connectivity index (χ3v) is 3.94. The molecule has 12 heteroatoms. The van der Waals surface area contributed by atoms with Crippen molar-refractivity contribution in [3.8, 4) is 0 Å². The van der Waals surface area contributed by atoms with Gasteiger partial charge in [-0.3, -0.25) is 40.5 Å². The first kappa shape index (κ1) is 15.2. The Morgan fingerprint density at radius 1 is 0.583 bits per heavy atom. The molecule has 0 fully saturated rings. The number of rotatable bonds is 4. The first-order chi connectivity index (χ1) is 11.2. The van der Waals surface area contributed by atoms with Gasteiger partial charge >= 0.3 is 0 Å². The normalized spacial score (nSPS) is 12.3. The summed E-state index contributed by atoms with van der Waals surface area (Å²) in [5, 5.41) is 44.3. The van der Waals surface area contributed by atoms with Crippen molar-refractivity contribution in [2.75, 3.05) is 0 Å². The zero-order valence-electron chi connectivity index (χ0n) is 11.6. The van der Waals surface area contributed by atoms with Crippen LogP contribution in [0.5, 0.6) is 0 Å². The van der Waals surface area contributed by atoms with E-state index in [0.29, 0.717) is 12.1 Å². The van der Waals surface area contributed by atoms with Crippen molar-refractivity contribution in [3.05, 3.63) is 63.7 Å². The van der Waals surface area contributed by atoms with Crippen LogP contribution in [0, 0.1) is 40.5 Å². The van der Waals surface area contributed by atoms with Crippen LogP contribution in [0.3, 0.4) is 0 Å². The molecule has 0 saturated heterocycles. The van der Waals surface area contributed by atoms with Gasteiger partial charge < -0.3 is 0 Å². The number of benzene rings is 2. The monoisotopic (exact) mass is 334 g/mol. The second-order valence-electron chi connectivity index (χ2n) is 5.07. The van der Waals surface area contributed by atoms with E-state index in [9.17, 15) is 40.5 Å². The Morgan fingerprint density at radius 2 is 0.917 bits per heavy atom. The lowest BCUT2D eigenvalue weighted by Gasteiger charge is -2.06. The maximum Gasteiger partial charge on any atom is 0.291 e. The molecule has 0 saturated carbocycles. The molecule has 0 aliphatic heterocycles. The van der Waals surface area contributed by atoms with E-state index in [1.165, 1.54) is 0 Å². The minimum absolute atomic E-state index is 0.0438. The van der Waals surface area contributed by atoms with Crippen LogP contribution < -0.4 is 0 Å². The molecule has 12 nitrogen and oxygen atoms in total. The quantitative estimate of drug-likeness (QED) is 0.605. The van der Waals surface area contributed by atoms with Crippen LogP contribution in [-0.4, -0.2) is 19.7 Å². The van der Waals surface area contributed by atoms with Crippen LogP contribution >= 0.6 is 0 Å². The molecule has 0 heterocycles. The Bertz CT molecular complexity index is 908. The van der Waals surface area contributed by atoms with E-state index < -0.39 is 47.8 Å².